The van der Waals surface area contributed by atoms with Crippen LogP contribution in [0.4, 0.5) is 0 Å². The van der Waals surface area contributed by atoms with Crippen molar-refractivity contribution < 1.29 is 28.6 Å². The molecule has 0 aromatic carbocycles. The SMILES string of the molecule is CC/C=C\C/C=C\C/C=C\C/C=C\C/C=C\CCCCCCCC(=O)OC(COC(=O)CC/C=C\C/C=C\C/C=C\C/C=C\CC)COC(=O)CCCCCCCCCCCC/C=C\C/C=C\C/C=C\CCCCCCC. The molecule has 0 aliphatic carbocycles. The molecule has 77 heavy (non-hydrogen) atoms. The minimum absolute atomic E-state index is 0.115. The molecule has 0 saturated carbocycles. The first-order valence-electron chi connectivity index (χ1n) is 31.3. The largest absolute Gasteiger partial charge is 0.462 e. The van der Waals surface area contributed by atoms with E-state index in [0.29, 0.717) is 12.8 Å². The summed E-state index contributed by atoms with van der Waals surface area (Å²) in [6.07, 6.45) is 91.5. The van der Waals surface area contributed by atoms with Gasteiger partial charge in [0.05, 0.1) is 0 Å². The molecule has 0 rings (SSSR count). The normalized spacial score (nSPS) is 13.1. The second-order valence-corrected chi connectivity index (χ2v) is 20.2. The van der Waals surface area contributed by atoms with Crippen LogP contribution in [-0.4, -0.2) is 37.2 Å². The fraction of sp³-hybridized carbons (Fsp3) is 0.620. The van der Waals surface area contributed by atoms with Gasteiger partial charge in [-0.1, -0.05) is 263 Å². The zero-order chi connectivity index (χ0) is 55.7. The Morgan fingerprint density at radius 2 is 0.532 bits per heavy atom. The maximum absolute atomic E-state index is 12.9. The van der Waals surface area contributed by atoms with Gasteiger partial charge in [0.1, 0.15) is 13.2 Å². The third kappa shape index (κ3) is 62.0. The molecule has 0 N–H and O–H groups in total. The molecular weight excluding hydrogens is 949 g/mol. The van der Waals surface area contributed by atoms with E-state index in [9.17, 15) is 14.4 Å². The molecule has 0 aliphatic heterocycles. The lowest BCUT2D eigenvalue weighted by Crippen LogP contribution is -2.30. The summed E-state index contributed by atoms with van der Waals surface area (Å²) in [6, 6.07) is 0. The number of rotatable bonds is 55. The first-order chi connectivity index (χ1) is 38.0. The number of allylic oxidation sites excluding steroid dienone is 24. The molecule has 6 nitrogen and oxygen atoms in total. The Bertz CT molecular complexity index is 1700. The number of esters is 3. The van der Waals surface area contributed by atoms with Crippen LogP contribution in [0.5, 0.6) is 0 Å². The summed E-state index contributed by atoms with van der Waals surface area (Å²) in [4.78, 5) is 38.2. The van der Waals surface area contributed by atoms with Crippen LogP contribution >= 0.6 is 0 Å². The van der Waals surface area contributed by atoms with E-state index in [4.69, 9.17) is 14.2 Å². The van der Waals surface area contributed by atoms with Crippen LogP contribution in [0.3, 0.4) is 0 Å². The molecule has 0 aliphatic rings. The topological polar surface area (TPSA) is 78.9 Å². The summed E-state index contributed by atoms with van der Waals surface area (Å²) < 4.78 is 16.8. The summed E-state index contributed by atoms with van der Waals surface area (Å²) in [5, 5.41) is 0. The predicted octanol–water partition coefficient (Wildman–Crippen LogP) is 21.5. The number of hydrogen-bond donors (Lipinski definition) is 0. The van der Waals surface area contributed by atoms with E-state index >= 15 is 0 Å². The monoisotopic (exact) mass is 1060 g/mol. The Morgan fingerprint density at radius 1 is 0.273 bits per heavy atom. The van der Waals surface area contributed by atoms with Crippen molar-refractivity contribution in [2.75, 3.05) is 13.2 Å². The average molecular weight is 1060 g/mol. The number of unbranched alkanes of at least 4 members (excludes halogenated alkanes) is 20. The molecule has 0 saturated heterocycles. The zero-order valence-electron chi connectivity index (χ0n) is 49.7. The highest BCUT2D eigenvalue weighted by atomic mass is 16.6. The van der Waals surface area contributed by atoms with Crippen molar-refractivity contribution in [2.24, 2.45) is 0 Å². The number of carbonyl (C=O) groups is 3. The second-order valence-electron chi connectivity index (χ2n) is 20.2. The molecule has 0 aromatic rings. The quantitative estimate of drug-likeness (QED) is 0.0261. The Morgan fingerprint density at radius 3 is 0.870 bits per heavy atom. The summed E-state index contributed by atoms with van der Waals surface area (Å²) >= 11 is 0. The van der Waals surface area contributed by atoms with Gasteiger partial charge in [-0.15, -0.1) is 0 Å². The van der Waals surface area contributed by atoms with Crippen molar-refractivity contribution in [1.82, 2.24) is 0 Å². The molecule has 1 unspecified atom stereocenters. The highest BCUT2D eigenvalue weighted by Crippen LogP contribution is 2.14. The first-order valence-corrected chi connectivity index (χ1v) is 31.3. The molecule has 0 spiro atoms. The number of ether oxygens (including phenoxy) is 3. The Kier molecular flexibility index (Phi) is 59.9. The second kappa shape index (κ2) is 63.8. The Labute approximate surface area is 474 Å². The van der Waals surface area contributed by atoms with Crippen LogP contribution in [0, 0.1) is 0 Å². The van der Waals surface area contributed by atoms with Gasteiger partial charge in [-0.25, -0.2) is 0 Å². The molecule has 6 heteroatoms. The lowest BCUT2D eigenvalue weighted by Gasteiger charge is -2.18. The third-order valence-corrected chi connectivity index (χ3v) is 12.8. The molecule has 0 fully saturated rings. The van der Waals surface area contributed by atoms with Crippen molar-refractivity contribution in [2.45, 2.75) is 271 Å². The summed E-state index contributed by atoms with van der Waals surface area (Å²) in [7, 11) is 0. The number of carbonyl (C=O) groups excluding carboxylic acids is 3. The van der Waals surface area contributed by atoms with Gasteiger partial charge in [-0.2, -0.15) is 0 Å². The van der Waals surface area contributed by atoms with Crippen molar-refractivity contribution >= 4 is 17.9 Å². The van der Waals surface area contributed by atoms with E-state index in [1.807, 2.05) is 12.2 Å². The highest BCUT2D eigenvalue weighted by Gasteiger charge is 2.19. The van der Waals surface area contributed by atoms with Gasteiger partial charge in [-0.3, -0.25) is 14.4 Å². The van der Waals surface area contributed by atoms with Crippen LogP contribution in [-0.2, 0) is 28.6 Å². The Balaban J connectivity index is 4.44. The maximum Gasteiger partial charge on any atom is 0.306 e. The van der Waals surface area contributed by atoms with Crippen LogP contribution in [0.25, 0.3) is 0 Å². The van der Waals surface area contributed by atoms with Gasteiger partial charge in [0.15, 0.2) is 6.10 Å². The summed E-state index contributed by atoms with van der Waals surface area (Å²) in [5.41, 5.74) is 0. The molecule has 434 valence electrons. The van der Waals surface area contributed by atoms with E-state index in [1.54, 1.807) is 0 Å². The van der Waals surface area contributed by atoms with E-state index in [1.165, 1.54) is 89.9 Å². The lowest BCUT2D eigenvalue weighted by molar-refractivity contribution is -0.166. The lowest BCUT2D eigenvalue weighted by atomic mass is 10.1. The molecule has 0 amide bonds. The van der Waals surface area contributed by atoms with Gasteiger partial charge >= 0.3 is 17.9 Å². The molecule has 0 radical (unpaired) electrons. The number of hydrogen-bond acceptors (Lipinski definition) is 6. The first kappa shape index (κ1) is 72.3. The molecule has 0 bridgehead atoms. The molecule has 0 heterocycles. The third-order valence-electron chi connectivity index (χ3n) is 12.8. The zero-order valence-corrected chi connectivity index (χ0v) is 49.7. The van der Waals surface area contributed by atoms with Gasteiger partial charge in [-0.05, 0) is 128 Å². The highest BCUT2D eigenvalue weighted by molar-refractivity contribution is 5.71. The maximum atomic E-state index is 12.9. The van der Waals surface area contributed by atoms with E-state index in [2.05, 4.69) is 154 Å². The van der Waals surface area contributed by atoms with Crippen LogP contribution in [0.15, 0.2) is 146 Å². The molecule has 0 aromatic heterocycles. The van der Waals surface area contributed by atoms with Crippen LogP contribution in [0.1, 0.15) is 265 Å². The summed E-state index contributed by atoms with van der Waals surface area (Å²) in [6.45, 7) is 6.31. The smallest absolute Gasteiger partial charge is 0.306 e. The average Bonchev–Trinajstić information content (AvgIpc) is 3.43. The van der Waals surface area contributed by atoms with Crippen molar-refractivity contribution in [3.05, 3.63) is 146 Å². The molecule has 1 atom stereocenters. The minimum Gasteiger partial charge on any atom is -0.462 e. The van der Waals surface area contributed by atoms with E-state index < -0.39 is 6.10 Å². The fourth-order valence-corrected chi connectivity index (χ4v) is 8.20. The standard InChI is InChI=1S/C71H114O6/c1-4-7-10-13-16-19-22-25-27-29-31-33-34-35-36-38-39-41-43-46-49-52-55-58-61-64-70(73)76-67-68(66-75-69(72)63-60-57-54-51-48-45-24-21-18-15-12-9-6-3)77-71(74)65-62-59-56-53-50-47-44-42-40-37-32-30-28-26-23-20-17-14-11-8-5-2/h8-9,11-12,17-18,20-22,25-26,28-29,31-32,34-35,37,42,44-45,48,54,57,68H,4-7,10,13-16,19,23-24,27,30,33,36,38-41,43,46-47,49-53,55-56,58-67H2,1-3H3/b11-8-,12-9-,20-17-,21-18-,25-22-,28-26-,31-29-,35-34-,37-32-,44-42-,48-45-,57-54-. The Hall–Kier alpha value is -4.71. The van der Waals surface area contributed by atoms with Crippen molar-refractivity contribution in [3.8, 4) is 0 Å². The van der Waals surface area contributed by atoms with E-state index in [-0.39, 0.29) is 44.0 Å². The summed E-state index contributed by atoms with van der Waals surface area (Å²) in [5.74, 6) is -1.03. The van der Waals surface area contributed by atoms with Gasteiger partial charge < -0.3 is 14.2 Å². The molecular formula is C71H114O6. The van der Waals surface area contributed by atoms with Crippen molar-refractivity contribution in [1.29, 1.82) is 0 Å². The van der Waals surface area contributed by atoms with Gasteiger partial charge in [0.25, 0.3) is 0 Å². The van der Waals surface area contributed by atoms with Crippen molar-refractivity contribution in [3.63, 3.8) is 0 Å². The van der Waals surface area contributed by atoms with Gasteiger partial charge in [0.2, 0.25) is 0 Å². The fourth-order valence-electron chi connectivity index (χ4n) is 8.20. The van der Waals surface area contributed by atoms with Crippen LogP contribution < -0.4 is 0 Å². The minimum atomic E-state index is -0.827. The van der Waals surface area contributed by atoms with E-state index in [0.717, 1.165) is 128 Å². The predicted molar refractivity (Wildman–Crippen MR) is 334 cm³/mol. The van der Waals surface area contributed by atoms with Crippen LogP contribution in [0.2, 0.25) is 0 Å². The van der Waals surface area contributed by atoms with Gasteiger partial charge in [0, 0.05) is 19.3 Å².